The zero-order valence-corrected chi connectivity index (χ0v) is 14.7. The van der Waals surface area contributed by atoms with Crippen LogP contribution in [0.15, 0.2) is 58.2 Å². The average Bonchev–Trinajstić information content (AvgIpc) is 2.79. The number of hydrogen-bond acceptors (Lipinski definition) is 0. The van der Waals surface area contributed by atoms with Crippen molar-refractivity contribution in [3.05, 3.63) is 58.2 Å². The van der Waals surface area contributed by atoms with E-state index in [0.717, 1.165) is 25.7 Å². The maximum absolute atomic E-state index is 4.12. The van der Waals surface area contributed by atoms with Crippen LogP contribution in [0.25, 0.3) is 0 Å². The first-order valence-corrected chi connectivity index (χ1v) is 8.65. The summed E-state index contributed by atoms with van der Waals surface area (Å²) in [7, 11) is 0. The number of rotatable bonds is 8. The van der Waals surface area contributed by atoms with Gasteiger partial charge in [0.05, 0.1) is 0 Å². The summed E-state index contributed by atoms with van der Waals surface area (Å²) in [6.07, 6.45) is 13.7. The van der Waals surface area contributed by atoms with Gasteiger partial charge in [0, 0.05) is 0 Å². The third-order valence-electron chi connectivity index (χ3n) is 4.19. The van der Waals surface area contributed by atoms with Crippen LogP contribution in [0.3, 0.4) is 0 Å². The Kier molecular flexibility index (Phi) is 7.50. The second-order valence-corrected chi connectivity index (χ2v) is 5.64. The highest BCUT2D eigenvalue weighted by molar-refractivity contribution is 5.72. The Labute approximate surface area is 132 Å². The Morgan fingerprint density at radius 2 is 1.76 bits per heavy atom. The van der Waals surface area contributed by atoms with E-state index in [1.165, 1.54) is 40.7 Å². The first-order chi connectivity index (χ1) is 10.2. The van der Waals surface area contributed by atoms with Crippen LogP contribution >= 0.6 is 0 Å². The molecule has 0 saturated carbocycles. The predicted molar refractivity (Wildman–Crippen MR) is 96.5 cm³/mol. The normalized spacial score (nSPS) is 18.1. The first-order valence-electron chi connectivity index (χ1n) is 8.65. The molecule has 0 nitrogen and oxygen atoms in total. The molecule has 1 aliphatic carbocycles. The second kappa shape index (κ2) is 8.87. The fourth-order valence-corrected chi connectivity index (χ4v) is 3.45. The molecule has 0 unspecified atom stereocenters. The Balaban J connectivity index is 3.49. The molecule has 0 spiro atoms. The maximum atomic E-state index is 4.12. The van der Waals surface area contributed by atoms with E-state index in [0.29, 0.717) is 0 Å². The van der Waals surface area contributed by atoms with E-state index in [4.69, 9.17) is 0 Å². The van der Waals surface area contributed by atoms with Crippen molar-refractivity contribution in [3.63, 3.8) is 0 Å². The zero-order chi connectivity index (χ0) is 15.8. The minimum Gasteiger partial charge on any atom is -0.0984 e. The third-order valence-corrected chi connectivity index (χ3v) is 4.19. The van der Waals surface area contributed by atoms with Gasteiger partial charge in [-0.25, -0.2) is 0 Å². The summed E-state index contributed by atoms with van der Waals surface area (Å²) < 4.78 is 0. The number of allylic oxidation sites excluding steroid dienone is 9. The quantitative estimate of drug-likeness (QED) is 0.447. The zero-order valence-electron chi connectivity index (χ0n) is 14.7. The van der Waals surface area contributed by atoms with Gasteiger partial charge in [0.15, 0.2) is 0 Å². The summed E-state index contributed by atoms with van der Waals surface area (Å²) in [5.41, 5.74) is 8.93. The van der Waals surface area contributed by atoms with E-state index in [1.54, 1.807) is 5.57 Å². The molecule has 1 aliphatic rings. The van der Waals surface area contributed by atoms with Crippen molar-refractivity contribution in [3.8, 4) is 0 Å². The van der Waals surface area contributed by atoms with Crippen molar-refractivity contribution in [1.82, 2.24) is 0 Å². The molecule has 0 N–H and O–H groups in total. The van der Waals surface area contributed by atoms with Crippen LogP contribution in [0.2, 0.25) is 0 Å². The lowest BCUT2D eigenvalue weighted by Gasteiger charge is -2.14. The van der Waals surface area contributed by atoms with Crippen molar-refractivity contribution >= 4 is 0 Å². The lowest BCUT2D eigenvalue weighted by atomic mass is 9.90. The van der Waals surface area contributed by atoms with Gasteiger partial charge in [-0.1, -0.05) is 65.3 Å². The molecule has 0 fully saturated rings. The van der Waals surface area contributed by atoms with Gasteiger partial charge in [0.1, 0.15) is 0 Å². The second-order valence-electron chi connectivity index (χ2n) is 5.64. The van der Waals surface area contributed by atoms with E-state index in [2.05, 4.69) is 59.4 Å². The Bertz CT molecular complexity index is 492. The van der Waals surface area contributed by atoms with Crippen LogP contribution in [0.1, 0.15) is 73.1 Å². The van der Waals surface area contributed by atoms with Crippen molar-refractivity contribution in [1.29, 1.82) is 0 Å². The monoisotopic (exact) mass is 284 g/mol. The molecule has 1 rings (SSSR count). The first kappa shape index (κ1) is 17.8. The predicted octanol–water partition coefficient (Wildman–Crippen LogP) is 7.07. The summed E-state index contributed by atoms with van der Waals surface area (Å²) in [5, 5.41) is 0. The highest BCUT2D eigenvalue weighted by Crippen LogP contribution is 2.45. The average molecular weight is 284 g/mol. The maximum Gasteiger partial charge on any atom is -0.00803 e. The topological polar surface area (TPSA) is 0 Å². The molecule has 0 heteroatoms. The van der Waals surface area contributed by atoms with Crippen LogP contribution in [0.5, 0.6) is 0 Å². The summed E-state index contributed by atoms with van der Waals surface area (Å²) in [6.45, 7) is 15.3. The Hall–Kier alpha value is -1.30. The Morgan fingerprint density at radius 3 is 2.19 bits per heavy atom. The molecular weight excluding hydrogens is 252 g/mol. The van der Waals surface area contributed by atoms with Gasteiger partial charge in [-0.2, -0.15) is 0 Å². The summed E-state index contributed by atoms with van der Waals surface area (Å²) in [5.74, 6) is 0. The summed E-state index contributed by atoms with van der Waals surface area (Å²) in [6, 6.07) is 0. The highest BCUT2D eigenvalue weighted by Gasteiger charge is 2.26. The number of hydrogen-bond donors (Lipinski definition) is 0. The molecule has 0 aromatic heterocycles. The van der Waals surface area contributed by atoms with Crippen LogP contribution in [-0.4, -0.2) is 0 Å². The largest absolute Gasteiger partial charge is 0.0984 e. The van der Waals surface area contributed by atoms with Crippen molar-refractivity contribution in [2.24, 2.45) is 0 Å². The van der Waals surface area contributed by atoms with E-state index in [-0.39, 0.29) is 0 Å². The van der Waals surface area contributed by atoms with Gasteiger partial charge < -0.3 is 0 Å². The standard InChI is InChI=1S/C21H32/c1-7-13-16(14-8-2)21-18(11-5)17(10-4)20(15-9-3)19(21)12-6/h11-13H,6-10,14-15H2,1-5H3/b16-13-,18-11-. The van der Waals surface area contributed by atoms with Crippen molar-refractivity contribution in [2.75, 3.05) is 0 Å². The molecule has 0 bridgehead atoms. The van der Waals surface area contributed by atoms with Crippen LogP contribution in [0, 0.1) is 0 Å². The van der Waals surface area contributed by atoms with Crippen LogP contribution in [0.4, 0.5) is 0 Å². The molecule has 0 atom stereocenters. The van der Waals surface area contributed by atoms with E-state index >= 15 is 0 Å². The summed E-state index contributed by atoms with van der Waals surface area (Å²) >= 11 is 0. The lowest BCUT2D eigenvalue weighted by Crippen LogP contribution is -1.95. The van der Waals surface area contributed by atoms with Gasteiger partial charge in [-0.15, -0.1) is 0 Å². The van der Waals surface area contributed by atoms with Gasteiger partial charge in [0.25, 0.3) is 0 Å². The smallest absolute Gasteiger partial charge is 0.00803 e. The van der Waals surface area contributed by atoms with Crippen LogP contribution < -0.4 is 0 Å². The molecule has 0 aromatic rings. The van der Waals surface area contributed by atoms with Gasteiger partial charge >= 0.3 is 0 Å². The lowest BCUT2D eigenvalue weighted by molar-refractivity contribution is 0.899. The molecule has 0 saturated heterocycles. The fraction of sp³-hybridized carbons (Fsp3) is 0.524. The molecule has 0 amide bonds. The Morgan fingerprint density at radius 1 is 1.05 bits per heavy atom. The van der Waals surface area contributed by atoms with Gasteiger partial charge in [-0.05, 0) is 66.0 Å². The molecular formula is C21H32. The third kappa shape index (κ3) is 3.67. The van der Waals surface area contributed by atoms with Crippen molar-refractivity contribution in [2.45, 2.75) is 73.1 Å². The van der Waals surface area contributed by atoms with Gasteiger partial charge in [0.2, 0.25) is 0 Å². The fourth-order valence-electron chi connectivity index (χ4n) is 3.45. The molecule has 0 radical (unpaired) electrons. The molecule has 0 heterocycles. The van der Waals surface area contributed by atoms with E-state index < -0.39 is 0 Å². The summed E-state index contributed by atoms with van der Waals surface area (Å²) in [4.78, 5) is 0. The van der Waals surface area contributed by atoms with Gasteiger partial charge in [-0.3, -0.25) is 0 Å². The minimum absolute atomic E-state index is 1.10. The van der Waals surface area contributed by atoms with Crippen LogP contribution in [-0.2, 0) is 0 Å². The molecule has 116 valence electrons. The highest BCUT2D eigenvalue weighted by atomic mass is 14.3. The van der Waals surface area contributed by atoms with E-state index in [1.807, 2.05) is 0 Å². The van der Waals surface area contributed by atoms with Crippen molar-refractivity contribution < 1.29 is 0 Å². The molecule has 0 aliphatic heterocycles. The molecule has 0 aromatic carbocycles. The minimum atomic E-state index is 1.10. The van der Waals surface area contributed by atoms with E-state index in [9.17, 15) is 0 Å². The molecule has 21 heavy (non-hydrogen) atoms. The SMILES string of the molecule is C=CC1=C(/C(=C\CC)CCC)/C(=C\C)C(CC)=C1CCC.